The van der Waals surface area contributed by atoms with Crippen molar-refractivity contribution in [2.75, 3.05) is 19.5 Å². The van der Waals surface area contributed by atoms with Gasteiger partial charge in [0, 0.05) is 30.9 Å². The molecule has 3 aromatic rings. The molecule has 230 valence electrons. The summed E-state index contributed by atoms with van der Waals surface area (Å²) in [4.78, 5) is 25.8. The molecule has 3 aromatic carbocycles. The summed E-state index contributed by atoms with van der Waals surface area (Å²) in [5, 5.41) is 17.1. The highest BCUT2D eigenvalue weighted by molar-refractivity contribution is 6.43. The fraction of sp³-hybridized carbons (Fsp3) is 0.394. The lowest BCUT2D eigenvalue weighted by Crippen LogP contribution is -2.52. The van der Waals surface area contributed by atoms with E-state index in [9.17, 15) is 14.6 Å². The quantitative estimate of drug-likeness (QED) is 0.141. The molecular weight excluding hydrogens is 545 g/mol. The fourth-order valence-corrected chi connectivity index (χ4v) is 4.64. The summed E-state index contributed by atoms with van der Waals surface area (Å²) in [7, 11) is 1.85. The zero-order valence-electron chi connectivity index (χ0n) is 26.0. The average Bonchev–Trinajstić information content (AvgIpc) is 2.99. The van der Waals surface area contributed by atoms with Crippen LogP contribution in [0.4, 0.5) is 5.69 Å². The van der Waals surface area contributed by atoms with E-state index < -0.39 is 24.6 Å². The largest absolute Gasteiger partial charge is 0.493 e. The Morgan fingerprint density at radius 3 is 2.26 bits per heavy atom. The maximum Gasteiger partial charge on any atom is 0.481 e. The number of methoxy groups -OCH3 is 2. The van der Waals surface area contributed by atoms with Gasteiger partial charge in [0.1, 0.15) is 6.04 Å². The molecule has 4 N–H and O–H groups in total. The highest BCUT2D eigenvalue weighted by atomic mass is 16.7. The van der Waals surface area contributed by atoms with E-state index in [1.54, 1.807) is 14.2 Å². The van der Waals surface area contributed by atoms with Crippen molar-refractivity contribution in [2.24, 2.45) is 5.41 Å². The lowest BCUT2D eigenvalue weighted by Gasteiger charge is -2.33. The molecular formula is C33H44BN3O6. The van der Waals surface area contributed by atoms with Crippen LogP contribution in [0.3, 0.4) is 0 Å². The van der Waals surface area contributed by atoms with Gasteiger partial charge in [0.15, 0.2) is 11.5 Å². The van der Waals surface area contributed by atoms with E-state index in [1.165, 1.54) is 0 Å². The molecule has 0 aliphatic carbocycles. The van der Waals surface area contributed by atoms with Crippen molar-refractivity contribution in [3.63, 3.8) is 0 Å². The molecule has 9 nitrogen and oxygen atoms in total. The second kappa shape index (κ2) is 16.0. The number of rotatable bonds is 15. The summed E-state index contributed by atoms with van der Waals surface area (Å²) in [6, 6.07) is 22.4. The summed E-state index contributed by atoms with van der Waals surface area (Å²) in [6.07, 6.45) is 1.38. The van der Waals surface area contributed by atoms with Gasteiger partial charge in [-0.15, -0.1) is 0 Å². The third-order valence-corrected chi connectivity index (χ3v) is 7.10. The van der Waals surface area contributed by atoms with Gasteiger partial charge in [0.05, 0.1) is 14.2 Å². The number of hydrogen-bond donors (Lipinski definition) is 4. The van der Waals surface area contributed by atoms with Gasteiger partial charge < -0.3 is 25.1 Å². The molecule has 0 spiro atoms. The predicted molar refractivity (Wildman–Crippen MR) is 171 cm³/mol. The van der Waals surface area contributed by atoms with Gasteiger partial charge in [-0.2, -0.15) is 0 Å². The molecule has 0 radical (unpaired) electrons. The topological polar surface area (TPSA) is 118 Å². The second-order valence-electron chi connectivity index (χ2n) is 11.5. The SMILES string of the molecule is CCCC(=O)NOB(O)C[C@H](NC(=O)[C@H](Cc1ccc(OC)c(OC)c1)Nc1cccc(-c2ccccc2)c1)C(C)(C)C. The minimum absolute atomic E-state index is 0.0776. The van der Waals surface area contributed by atoms with Crippen LogP contribution in [0.15, 0.2) is 72.8 Å². The molecule has 0 unspecified atom stereocenters. The van der Waals surface area contributed by atoms with Crippen molar-refractivity contribution >= 4 is 24.6 Å². The summed E-state index contributed by atoms with van der Waals surface area (Å²) in [5.74, 6) is 0.614. The van der Waals surface area contributed by atoms with E-state index in [0.29, 0.717) is 30.8 Å². The first-order valence-electron chi connectivity index (χ1n) is 14.6. The molecule has 2 amide bonds. The number of ether oxygens (including phenoxy) is 2. The number of anilines is 1. The second-order valence-corrected chi connectivity index (χ2v) is 11.5. The number of carbonyl (C=O) groups is 2. The first-order valence-corrected chi connectivity index (χ1v) is 14.6. The molecule has 0 saturated heterocycles. The van der Waals surface area contributed by atoms with Crippen molar-refractivity contribution in [1.82, 2.24) is 10.8 Å². The molecule has 43 heavy (non-hydrogen) atoms. The van der Waals surface area contributed by atoms with Crippen LogP contribution in [0, 0.1) is 5.41 Å². The molecule has 0 fully saturated rings. The van der Waals surface area contributed by atoms with Crippen LogP contribution in [0.1, 0.15) is 46.1 Å². The van der Waals surface area contributed by atoms with Crippen LogP contribution in [0.5, 0.6) is 11.5 Å². The first-order chi connectivity index (χ1) is 20.5. The third-order valence-electron chi connectivity index (χ3n) is 7.10. The van der Waals surface area contributed by atoms with E-state index in [1.807, 2.05) is 100 Å². The van der Waals surface area contributed by atoms with E-state index in [2.05, 4.69) is 16.1 Å². The average molecular weight is 590 g/mol. The van der Waals surface area contributed by atoms with E-state index in [-0.39, 0.29) is 18.1 Å². The van der Waals surface area contributed by atoms with Gasteiger partial charge in [-0.25, -0.2) is 5.48 Å². The van der Waals surface area contributed by atoms with E-state index >= 15 is 0 Å². The zero-order chi connectivity index (χ0) is 31.4. The Kier molecular flexibility index (Phi) is 12.5. The van der Waals surface area contributed by atoms with Crippen molar-refractivity contribution < 1.29 is 28.8 Å². The Morgan fingerprint density at radius 1 is 0.907 bits per heavy atom. The Balaban J connectivity index is 1.86. The predicted octanol–water partition coefficient (Wildman–Crippen LogP) is 5.25. The number of benzene rings is 3. The molecule has 10 heteroatoms. The molecule has 3 rings (SSSR count). The highest BCUT2D eigenvalue weighted by Gasteiger charge is 2.34. The zero-order valence-corrected chi connectivity index (χ0v) is 26.0. The highest BCUT2D eigenvalue weighted by Crippen LogP contribution is 2.29. The minimum atomic E-state index is -1.30. The van der Waals surface area contributed by atoms with Crippen LogP contribution in [-0.4, -0.2) is 50.3 Å². The maximum absolute atomic E-state index is 14.0. The molecule has 0 heterocycles. The maximum atomic E-state index is 14.0. The van der Waals surface area contributed by atoms with E-state index in [0.717, 1.165) is 22.4 Å². The van der Waals surface area contributed by atoms with Crippen molar-refractivity contribution in [1.29, 1.82) is 0 Å². The fourth-order valence-electron chi connectivity index (χ4n) is 4.64. The van der Waals surface area contributed by atoms with Gasteiger partial charge in [-0.05, 0) is 52.8 Å². The third kappa shape index (κ3) is 10.3. The van der Waals surface area contributed by atoms with Crippen LogP contribution >= 0.6 is 0 Å². The van der Waals surface area contributed by atoms with E-state index in [4.69, 9.17) is 14.2 Å². The van der Waals surface area contributed by atoms with Gasteiger partial charge in [0.2, 0.25) is 11.8 Å². The number of amides is 2. The lowest BCUT2D eigenvalue weighted by molar-refractivity contribution is -0.128. The van der Waals surface area contributed by atoms with Gasteiger partial charge >= 0.3 is 7.12 Å². The molecule has 0 bridgehead atoms. The smallest absolute Gasteiger partial charge is 0.481 e. The minimum Gasteiger partial charge on any atom is -0.493 e. The summed E-state index contributed by atoms with van der Waals surface area (Å²) < 4.78 is 16.1. The lowest BCUT2D eigenvalue weighted by atomic mass is 9.72. The Labute approximate surface area is 255 Å². The summed E-state index contributed by atoms with van der Waals surface area (Å²) in [5.41, 5.74) is 5.62. The molecule has 0 aliphatic heterocycles. The standard InChI is InChI=1S/C33H44BN3O6/c1-7-12-31(38)37-43-34(40)22-30(33(2,3)4)36-32(39)27(19-23-17-18-28(41-5)29(20-23)42-6)35-26-16-11-15-25(21-26)24-13-9-8-10-14-24/h8-11,13-18,20-21,27,30,35,40H,7,12,19,22H2,1-6H3,(H,36,39)(H,37,38)/t27-,30-/m0/s1. The number of nitrogens with one attached hydrogen (secondary N) is 3. The normalized spacial score (nSPS) is 12.5. The molecule has 0 aromatic heterocycles. The van der Waals surface area contributed by atoms with Crippen LogP contribution in [-0.2, 0) is 20.8 Å². The van der Waals surface area contributed by atoms with Crippen molar-refractivity contribution in [2.45, 2.75) is 65.4 Å². The number of carbonyl (C=O) groups excluding carboxylic acids is 2. The Bertz CT molecular complexity index is 1330. The monoisotopic (exact) mass is 589 g/mol. The summed E-state index contributed by atoms with van der Waals surface area (Å²) in [6.45, 7) is 7.80. The van der Waals surface area contributed by atoms with Crippen molar-refractivity contribution in [3.8, 4) is 22.6 Å². The summed E-state index contributed by atoms with van der Waals surface area (Å²) >= 11 is 0. The number of hydroxylamine groups is 1. The first kappa shape index (κ1) is 33.5. The van der Waals surface area contributed by atoms with Gasteiger partial charge in [-0.3, -0.25) is 14.3 Å². The van der Waals surface area contributed by atoms with Gasteiger partial charge in [0.25, 0.3) is 0 Å². The Morgan fingerprint density at radius 2 is 1.60 bits per heavy atom. The van der Waals surface area contributed by atoms with Crippen LogP contribution < -0.4 is 25.6 Å². The van der Waals surface area contributed by atoms with Gasteiger partial charge in [-0.1, -0.05) is 76.2 Å². The Hall–Kier alpha value is -4.02. The van der Waals surface area contributed by atoms with Crippen LogP contribution in [0.25, 0.3) is 11.1 Å². The molecule has 2 atom stereocenters. The number of hydrogen-bond acceptors (Lipinski definition) is 7. The molecule has 0 saturated carbocycles. The van der Waals surface area contributed by atoms with Crippen LogP contribution in [0.2, 0.25) is 6.32 Å². The van der Waals surface area contributed by atoms with Crippen molar-refractivity contribution in [3.05, 3.63) is 78.4 Å². The molecule has 0 aliphatic rings.